The number of ether oxygens (including phenoxy) is 1. The van der Waals surface area contributed by atoms with Gasteiger partial charge in [-0.3, -0.25) is 4.79 Å². The number of carbonyl (C=O) groups excluding carboxylic acids is 2. The predicted octanol–water partition coefficient (Wildman–Crippen LogP) is 3.03. The molecular formula is C18H18ClNO5S. The lowest BCUT2D eigenvalue weighted by atomic mass is 9.99. The van der Waals surface area contributed by atoms with E-state index in [2.05, 4.69) is 0 Å². The van der Waals surface area contributed by atoms with Crippen LogP contribution in [-0.2, 0) is 14.8 Å². The number of Topliss-reactive ketones (excluding diaryl/α,β-unsaturated/α-hetero) is 1. The average Bonchev–Trinajstić information content (AvgIpc) is 2.55. The van der Waals surface area contributed by atoms with Crippen molar-refractivity contribution in [3.63, 3.8) is 0 Å². The van der Waals surface area contributed by atoms with Crippen molar-refractivity contribution < 1.29 is 22.7 Å². The van der Waals surface area contributed by atoms with E-state index in [1.807, 2.05) is 19.1 Å². The summed E-state index contributed by atoms with van der Waals surface area (Å²) in [6.45, 7) is 5.08. The van der Waals surface area contributed by atoms with Gasteiger partial charge >= 0.3 is 5.97 Å². The maximum absolute atomic E-state index is 12.6. The molecule has 2 aromatic carbocycles. The fraction of sp³-hybridized carbons (Fsp3) is 0.222. The van der Waals surface area contributed by atoms with Crippen LogP contribution in [-0.4, -0.2) is 26.3 Å². The van der Waals surface area contributed by atoms with Gasteiger partial charge in [-0.1, -0.05) is 29.3 Å². The first-order chi connectivity index (χ1) is 12.0. The number of halogens is 1. The van der Waals surface area contributed by atoms with Crippen LogP contribution in [0.4, 0.5) is 0 Å². The van der Waals surface area contributed by atoms with E-state index in [0.717, 1.165) is 17.2 Å². The monoisotopic (exact) mass is 395 g/mol. The number of esters is 1. The molecule has 1 atom stereocenters. The van der Waals surface area contributed by atoms with Crippen molar-refractivity contribution in [1.82, 2.24) is 0 Å². The van der Waals surface area contributed by atoms with E-state index >= 15 is 0 Å². The van der Waals surface area contributed by atoms with Gasteiger partial charge in [-0.15, -0.1) is 0 Å². The lowest BCUT2D eigenvalue weighted by Crippen LogP contribution is -2.25. The minimum atomic E-state index is -4.01. The molecule has 0 aliphatic carbocycles. The van der Waals surface area contributed by atoms with Gasteiger partial charge in [0.1, 0.15) is 0 Å². The zero-order chi connectivity index (χ0) is 19.6. The second kappa shape index (κ2) is 7.57. The molecule has 138 valence electrons. The lowest BCUT2D eigenvalue weighted by molar-refractivity contribution is 0.0318. The minimum Gasteiger partial charge on any atom is -0.451 e. The van der Waals surface area contributed by atoms with Crippen LogP contribution in [0.25, 0.3) is 0 Å². The number of hydrogen-bond acceptors (Lipinski definition) is 5. The number of ketones is 1. The molecule has 0 saturated carbocycles. The van der Waals surface area contributed by atoms with Gasteiger partial charge in [0.15, 0.2) is 6.10 Å². The third kappa shape index (κ3) is 4.49. The van der Waals surface area contributed by atoms with Crippen molar-refractivity contribution in [2.75, 3.05) is 0 Å². The van der Waals surface area contributed by atoms with Crippen LogP contribution in [0.3, 0.4) is 0 Å². The Balaban J connectivity index is 2.27. The van der Waals surface area contributed by atoms with Crippen molar-refractivity contribution >= 4 is 33.4 Å². The Hall–Kier alpha value is -2.22. The van der Waals surface area contributed by atoms with Gasteiger partial charge in [0.05, 0.1) is 15.5 Å². The highest BCUT2D eigenvalue weighted by molar-refractivity contribution is 7.89. The summed E-state index contributed by atoms with van der Waals surface area (Å²) in [7, 11) is -4.01. The highest BCUT2D eigenvalue weighted by Gasteiger charge is 2.24. The predicted molar refractivity (Wildman–Crippen MR) is 97.9 cm³/mol. The van der Waals surface area contributed by atoms with E-state index < -0.39 is 22.1 Å². The molecule has 2 N–H and O–H groups in total. The Labute approximate surface area is 157 Å². The van der Waals surface area contributed by atoms with E-state index in [4.69, 9.17) is 21.5 Å². The van der Waals surface area contributed by atoms with Crippen LogP contribution in [0.1, 0.15) is 38.8 Å². The third-order valence-electron chi connectivity index (χ3n) is 3.80. The first kappa shape index (κ1) is 20.1. The molecule has 0 saturated heterocycles. The van der Waals surface area contributed by atoms with Crippen LogP contribution >= 0.6 is 11.6 Å². The number of rotatable bonds is 5. The lowest BCUT2D eigenvalue weighted by Gasteiger charge is -2.15. The maximum Gasteiger partial charge on any atom is 0.340 e. The number of carbonyl (C=O) groups is 2. The second-order valence-electron chi connectivity index (χ2n) is 5.92. The molecule has 0 spiro atoms. The molecule has 2 aromatic rings. The summed E-state index contributed by atoms with van der Waals surface area (Å²) in [6, 6.07) is 8.84. The molecule has 0 radical (unpaired) electrons. The van der Waals surface area contributed by atoms with Gasteiger partial charge < -0.3 is 4.74 Å². The zero-order valence-electron chi connectivity index (χ0n) is 14.4. The van der Waals surface area contributed by atoms with Crippen molar-refractivity contribution in [2.24, 2.45) is 5.14 Å². The molecular weight excluding hydrogens is 378 g/mol. The molecule has 0 aliphatic heterocycles. The molecule has 0 fully saturated rings. The van der Waals surface area contributed by atoms with E-state index in [-0.39, 0.29) is 21.3 Å². The molecule has 0 aliphatic rings. The van der Waals surface area contributed by atoms with Crippen LogP contribution in [0.2, 0.25) is 5.02 Å². The second-order valence-corrected chi connectivity index (χ2v) is 7.89. The number of sulfonamides is 1. The summed E-state index contributed by atoms with van der Waals surface area (Å²) in [5, 5.41) is 5.05. The normalized spacial score (nSPS) is 12.5. The molecule has 0 heterocycles. The Morgan fingerprint density at radius 2 is 1.73 bits per heavy atom. The number of nitrogens with two attached hydrogens (primary N) is 1. The molecule has 8 heteroatoms. The average molecular weight is 396 g/mol. The summed E-state index contributed by atoms with van der Waals surface area (Å²) in [6.07, 6.45) is -1.07. The van der Waals surface area contributed by atoms with E-state index in [0.29, 0.717) is 5.56 Å². The molecule has 26 heavy (non-hydrogen) atoms. The standard InChI is InChI=1S/C18H18ClNO5S/c1-10-4-5-11(2)14(8-10)17(21)12(3)25-18(22)15-9-13(26(20,23)24)6-7-16(15)19/h4-9,12H,1-3H3,(H2,20,23,24)/t12-/m1/s1. The number of aryl methyl sites for hydroxylation is 2. The fourth-order valence-corrected chi connectivity index (χ4v) is 3.07. The van der Waals surface area contributed by atoms with Crippen molar-refractivity contribution in [2.45, 2.75) is 31.8 Å². The molecule has 0 unspecified atom stereocenters. The number of benzene rings is 2. The quantitative estimate of drug-likeness (QED) is 0.619. The Morgan fingerprint density at radius 1 is 1.08 bits per heavy atom. The van der Waals surface area contributed by atoms with Crippen LogP contribution in [0.15, 0.2) is 41.3 Å². The summed E-state index contributed by atoms with van der Waals surface area (Å²) in [5.74, 6) is -1.27. The molecule has 6 nitrogen and oxygen atoms in total. The first-order valence-corrected chi connectivity index (χ1v) is 9.58. The first-order valence-electron chi connectivity index (χ1n) is 7.65. The van der Waals surface area contributed by atoms with Gasteiger partial charge in [0, 0.05) is 5.56 Å². The van der Waals surface area contributed by atoms with Gasteiger partial charge in [0.25, 0.3) is 0 Å². The molecule has 0 bridgehead atoms. The van der Waals surface area contributed by atoms with E-state index in [9.17, 15) is 18.0 Å². The highest BCUT2D eigenvalue weighted by Crippen LogP contribution is 2.22. The van der Waals surface area contributed by atoms with E-state index in [1.54, 1.807) is 13.0 Å². The largest absolute Gasteiger partial charge is 0.451 e. The van der Waals surface area contributed by atoms with Crippen LogP contribution < -0.4 is 5.14 Å². The topological polar surface area (TPSA) is 104 Å². The van der Waals surface area contributed by atoms with Crippen LogP contribution in [0, 0.1) is 13.8 Å². The van der Waals surface area contributed by atoms with Crippen molar-refractivity contribution in [1.29, 1.82) is 0 Å². The van der Waals surface area contributed by atoms with Crippen molar-refractivity contribution in [3.8, 4) is 0 Å². The maximum atomic E-state index is 12.6. The Morgan fingerprint density at radius 3 is 2.35 bits per heavy atom. The van der Waals surface area contributed by atoms with Gasteiger partial charge in [-0.25, -0.2) is 18.4 Å². The van der Waals surface area contributed by atoms with Gasteiger partial charge in [0.2, 0.25) is 15.8 Å². The Kier molecular flexibility index (Phi) is 5.85. The summed E-state index contributed by atoms with van der Waals surface area (Å²) >= 11 is 5.95. The molecule has 0 aromatic heterocycles. The fourth-order valence-electron chi connectivity index (χ4n) is 2.34. The summed E-state index contributed by atoms with van der Waals surface area (Å²) < 4.78 is 28.1. The molecule has 0 amide bonds. The smallest absolute Gasteiger partial charge is 0.340 e. The summed E-state index contributed by atoms with van der Waals surface area (Å²) in [4.78, 5) is 24.6. The van der Waals surface area contributed by atoms with Gasteiger partial charge in [-0.2, -0.15) is 0 Å². The van der Waals surface area contributed by atoms with Crippen molar-refractivity contribution in [3.05, 3.63) is 63.7 Å². The summed E-state index contributed by atoms with van der Waals surface area (Å²) in [5.41, 5.74) is 1.94. The number of primary sulfonamides is 1. The third-order valence-corrected chi connectivity index (χ3v) is 5.04. The Bertz CT molecular complexity index is 985. The molecule has 2 rings (SSSR count). The number of hydrogen-bond donors (Lipinski definition) is 1. The SMILES string of the molecule is Cc1ccc(C)c(C(=O)[C@@H](C)OC(=O)c2cc(S(N)(=O)=O)ccc2Cl)c1. The minimum absolute atomic E-state index is 0.00575. The highest BCUT2D eigenvalue weighted by atomic mass is 35.5. The van der Waals surface area contributed by atoms with Gasteiger partial charge in [-0.05, 0) is 50.6 Å². The van der Waals surface area contributed by atoms with E-state index in [1.165, 1.54) is 19.1 Å². The van der Waals surface area contributed by atoms with Crippen LogP contribution in [0.5, 0.6) is 0 Å². The zero-order valence-corrected chi connectivity index (χ0v) is 16.0.